The van der Waals surface area contributed by atoms with E-state index >= 15 is 0 Å². The summed E-state index contributed by atoms with van der Waals surface area (Å²) in [5.41, 5.74) is 0.899. The number of hydrogen-bond acceptors (Lipinski definition) is 3. The molecule has 0 saturated carbocycles. The number of nitrogens with zero attached hydrogens (tertiary/aromatic N) is 3. The largest absolute Gasteiger partial charge is 0.476 e. The molecule has 1 N–H and O–H groups in total. The molecule has 2 aromatic rings. The zero-order valence-electron chi connectivity index (χ0n) is 11.4. The summed E-state index contributed by atoms with van der Waals surface area (Å²) in [6.07, 6.45) is 0.858. The first-order chi connectivity index (χ1) is 9.49. The Morgan fingerprint density at radius 1 is 1.35 bits per heavy atom. The molecule has 1 aromatic carbocycles. The summed E-state index contributed by atoms with van der Waals surface area (Å²) in [5.74, 6) is -1.04. The molecule has 6 heteroatoms. The Bertz CT molecular complexity index is 605. The second kappa shape index (κ2) is 5.81. The maximum atomic E-state index is 13.0. The monoisotopic (exact) mass is 277 g/mol. The van der Waals surface area contributed by atoms with Crippen molar-refractivity contribution >= 4 is 5.97 Å². The highest BCUT2D eigenvalue weighted by Crippen LogP contribution is 2.23. The van der Waals surface area contributed by atoms with E-state index in [2.05, 4.69) is 24.2 Å². The fraction of sp³-hybridized carbons (Fsp3) is 0.357. The molecule has 0 radical (unpaired) electrons. The minimum atomic E-state index is -1.14. The Labute approximate surface area is 116 Å². The van der Waals surface area contributed by atoms with Crippen LogP contribution in [0.1, 0.15) is 30.8 Å². The molecule has 20 heavy (non-hydrogen) atoms. The van der Waals surface area contributed by atoms with Crippen LogP contribution in [-0.2, 0) is 6.54 Å². The molecule has 0 saturated heterocycles. The first kappa shape index (κ1) is 14.2. The lowest BCUT2D eigenvalue weighted by Gasteiger charge is -2.09. The van der Waals surface area contributed by atoms with Crippen molar-refractivity contribution < 1.29 is 14.3 Å². The van der Waals surface area contributed by atoms with Gasteiger partial charge in [0.25, 0.3) is 0 Å². The highest BCUT2D eigenvalue weighted by molar-refractivity contribution is 5.92. The van der Waals surface area contributed by atoms with Crippen LogP contribution in [0.4, 0.5) is 4.39 Å². The molecule has 1 heterocycles. The summed E-state index contributed by atoms with van der Waals surface area (Å²) in [4.78, 5) is 11.2. The Morgan fingerprint density at radius 2 is 2.00 bits per heavy atom. The minimum Gasteiger partial charge on any atom is -0.476 e. The van der Waals surface area contributed by atoms with Gasteiger partial charge in [0.2, 0.25) is 0 Å². The van der Waals surface area contributed by atoms with E-state index in [-0.39, 0.29) is 11.5 Å². The maximum absolute atomic E-state index is 13.0. The molecular weight excluding hydrogens is 261 g/mol. The summed E-state index contributed by atoms with van der Waals surface area (Å²) in [6, 6.07) is 5.65. The molecular formula is C14H16FN3O2. The summed E-state index contributed by atoms with van der Waals surface area (Å²) < 4.78 is 14.6. The van der Waals surface area contributed by atoms with Gasteiger partial charge in [-0.1, -0.05) is 19.1 Å². The number of aromatic nitrogens is 3. The van der Waals surface area contributed by atoms with Crippen molar-refractivity contribution in [3.63, 3.8) is 0 Å². The molecule has 0 aliphatic rings. The molecule has 0 atom stereocenters. The van der Waals surface area contributed by atoms with E-state index in [0.29, 0.717) is 23.7 Å². The van der Waals surface area contributed by atoms with E-state index in [1.807, 2.05) is 0 Å². The number of benzene rings is 1. The highest BCUT2D eigenvalue weighted by Gasteiger charge is 2.20. The lowest BCUT2D eigenvalue weighted by atomic mass is 10.1. The average molecular weight is 277 g/mol. The van der Waals surface area contributed by atoms with Crippen molar-refractivity contribution in [2.75, 3.05) is 0 Å². The van der Waals surface area contributed by atoms with Crippen molar-refractivity contribution in [2.24, 2.45) is 5.92 Å². The second-order valence-corrected chi connectivity index (χ2v) is 5.00. The molecule has 0 aliphatic carbocycles. The van der Waals surface area contributed by atoms with Crippen LogP contribution in [0.25, 0.3) is 11.3 Å². The number of aryl methyl sites for hydroxylation is 1. The van der Waals surface area contributed by atoms with E-state index in [0.717, 1.165) is 6.42 Å². The SMILES string of the molecule is CC(C)CCn1nnc(C(=O)O)c1-c1ccc(F)cc1. The highest BCUT2D eigenvalue weighted by atomic mass is 19.1. The number of halogens is 1. The van der Waals surface area contributed by atoms with Gasteiger partial charge >= 0.3 is 5.97 Å². The smallest absolute Gasteiger partial charge is 0.358 e. The van der Waals surface area contributed by atoms with Gasteiger partial charge in [-0.3, -0.25) is 0 Å². The molecule has 1 aromatic heterocycles. The van der Waals surface area contributed by atoms with Gasteiger partial charge in [0.15, 0.2) is 5.69 Å². The van der Waals surface area contributed by atoms with Gasteiger partial charge in [-0.05, 0) is 36.6 Å². The molecule has 5 nitrogen and oxygen atoms in total. The molecule has 106 valence electrons. The van der Waals surface area contributed by atoms with Gasteiger partial charge in [-0.25, -0.2) is 13.9 Å². The van der Waals surface area contributed by atoms with Crippen molar-refractivity contribution in [1.82, 2.24) is 15.0 Å². The van der Waals surface area contributed by atoms with Gasteiger partial charge in [-0.15, -0.1) is 5.10 Å². The lowest BCUT2D eigenvalue weighted by Crippen LogP contribution is -2.07. The quantitative estimate of drug-likeness (QED) is 0.912. The molecule has 2 rings (SSSR count). The van der Waals surface area contributed by atoms with Crippen LogP contribution < -0.4 is 0 Å². The second-order valence-electron chi connectivity index (χ2n) is 5.00. The molecule has 0 spiro atoms. The number of carboxylic acids is 1. The zero-order valence-corrected chi connectivity index (χ0v) is 11.4. The third-order valence-corrected chi connectivity index (χ3v) is 2.97. The van der Waals surface area contributed by atoms with Crippen molar-refractivity contribution in [1.29, 1.82) is 0 Å². The molecule has 0 unspecified atom stereocenters. The van der Waals surface area contributed by atoms with Crippen molar-refractivity contribution in [3.05, 3.63) is 35.8 Å². The summed E-state index contributed by atoms with van der Waals surface area (Å²) in [5, 5.41) is 16.8. The van der Waals surface area contributed by atoms with Crippen LogP contribution in [0.2, 0.25) is 0 Å². The number of hydrogen-bond donors (Lipinski definition) is 1. The molecule has 0 fully saturated rings. The molecule has 0 amide bonds. The Hall–Kier alpha value is -2.24. The van der Waals surface area contributed by atoms with Crippen LogP contribution in [-0.4, -0.2) is 26.1 Å². The zero-order chi connectivity index (χ0) is 14.7. The van der Waals surface area contributed by atoms with Crippen molar-refractivity contribution in [2.45, 2.75) is 26.8 Å². The minimum absolute atomic E-state index is 0.111. The van der Waals surface area contributed by atoms with Crippen LogP contribution in [0.15, 0.2) is 24.3 Å². The van der Waals surface area contributed by atoms with Crippen molar-refractivity contribution in [3.8, 4) is 11.3 Å². The van der Waals surface area contributed by atoms with E-state index in [1.54, 1.807) is 4.68 Å². The van der Waals surface area contributed by atoms with E-state index in [9.17, 15) is 14.3 Å². The van der Waals surface area contributed by atoms with Crippen LogP contribution in [0.5, 0.6) is 0 Å². The van der Waals surface area contributed by atoms with Crippen LogP contribution in [0.3, 0.4) is 0 Å². The van der Waals surface area contributed by atoms with E-state index in [4.69, 9.17) is 0 Å². The number of rotatable bonds is 5. The first-order valence-corrected chi connectivity index (χ1v) is 6.41. The van der Waals surface area contributed by atoms with Gasteiger partial charge in [0.05, 0.1) is 0 Å². The summed E-state index contributed by atoms with van der Waals surface area (Å²) in [6.45, 7) is 4.73. The number of carboxylic acid groups (broad SMARTS) is 1. The number of carbonyl (C=O) groups is 1. The Balaban J connectivity index is 2.44. The van der Waals surface area contributed by atoms with Gasteiger partial charge in [0.1, 0.15) is 11.5 Å². The average Bonchev–Trinajstić information content (AvgIpc) is 2.81. The predicted molar refractivity (Wildman–Crippen MR) is 71.8 cm³/mol. The Kier molecular flexibility index (Phi) is 4.12. The van der Waals surface area contributed by atoms with Gasteiger partial charge in [0, 0.05) is 12.1 Å². The van der Waals surface area contributed by atoms with Gasteiger partial charge in [-0.2, -0.15) is 0 Å². The van der Waals surface area contributed by atoms with E-state index < -0.39 is 5.97 Å². The summed E-state index contributed by atoms with van der Waals surface area (Å²) in [7, 11) is 0. The fourth-order valence-corrected chi connectivity index (χ4v) is 1.89. The topological polar surface area (TPSA) is 68.0 Å². The van der Waals surface area contributed by atoms with Gasteiger partial charge < -0.3 is 5.11 Å². The Morgan fingerprint density at radius 3 is 2.55 bits per heavy atom. The molecule has 0 bridgehead atoms. The third-order valence-electron chi connectivity index (χ3n) is 2.97. The lowest BCUT2D eigenvalue weighted by molar-refractivity contribution is 0.0691. The maximum Gasteiger partial charge on any atom is 0.358 e. The number of aromatic carboxylic acids is 1. The normalized spacial score (nSPS) is 11.0. The standard InChI is InChI=1S/C14H16FN3O2/c1-9(2)7-8-18-13(12(14(19)20)16-17-18)10-3-5-11(15)6-4-10/h3-6,9H,7-8H2,1-2H3,(H,19,20). The van der Waals surface area contributed by atoms with Crippen LogP contribution >= 0.6 is 0 Å². The molecule has 0 aliphatic heterocycles. The fourth-order valence-electron chi connectivity index (χ4n) is 1.89. The van der Waals surface area contributed by atoms with Crippen LogP contribution in [0, 0.1) is 11.7 Å². The summed E-state index contributed by atoms with van der Waals surface area (Å²) >= 11 is 0. The predicted octanol–water partition coefficient (Wildman–Crippen LogP) is 2.83. The third kappa shape index (κ3) is 3.01. The van der Waals surface area contributed by atoms with E-state index in [1.165, 1.54) is 24.3 Å². The first-order valence-electron chi connectivity index (χ1n) is 6.41.